The lowest BCUT2D eigenvalue weighted by Gasteiger charge is -2.44. The topological polar surface area (TPSA) is 55.4 Å². The Balaban J connectivity index is 1.42. The summed E-state index contributed by atoms with van der Waals surface area (Å²) in [6.07, 6.45) is 6.82. The van der Waals surface area contributed by atoms with Gasteiger partial charge in [0.15, 0.2) is 0 Å². The Morgan fingerprint density at radius 1 is 0.400 bits per heavy atom. The number of hydrogen-bond acceptors (Lipinski definition) is 6. The molecular weight excluding hydrogens is 324 g/mol. The fraction of sp³-hybridized carbons (Fsp3) is 1.00. The van der Waals surface area contributed by atoms with Crippen molar-refractivity contribution in [3.63, 3.8) is 0 Å². The lowest BCUT2D eigenvalue weighted by atomic mass is 9.69. The van der Waals surface area contributed by atoms with Crippen LogP contribution in [0.4, 0.5) is 0 Å². The van der Waals surface area contributed by atoms with Crippen molar-refractivity contribution in [2.24, 2.45) is 11.8 Å². The summed E-state index contributed by atoms with van der Waals surface area (Å²) in [6, 6.07) is 0. The zero-order valence-corrected chi connectivity index (χ0v) is 15.4. The molecule has 4 bridgehead atoms. The maximum atomic E-state index is 6.11. The van der Waals surface area contributed by atoms with Crippen LogP contribution in [-0.2, 0) is 28.4 Å². The second-order valence-corrected chi connectivity index (χ2v) is 7.18. The van der Waals surface area contributed by atoms with Gasteiger partial charge in [0, 0.05) is 0 Å². The quantitative estimate of drug-likeness (QED) is 0.661. The minimum Gasteiger partial charge on any atom is -0.377 e. The lowest BCUT2D eigenvalue weighted by molar-refractivity contribution is -0.106. The molecule has 2 aliphatic carbocycles. The van der Waals surface area contributed by atoms with Crippen LogP contribution in [0.3, 0.4) is 0 Å². The molecule has 0 aromatic rings. The van der Waals surface area contributed by atoms with E-state index in [1.54, 1.807) is 0 Å². The fourth-order valence-corrected chi connectivity index (χ4v) is 4.25. The van der Waals surface area contributed by atoms with Gasteiger partial charge in [0.05, 0.1) is 78.3 Å². The number of ether oxygens (including phenoxy) is 6. The smallest absolute Gasteiger partial charge is 0.0704 e. The summed E-state index contributed by atoms with van der Waals surface area (Å²) in [6.45, 7) is 6.29. The van der Waals surface area contributed by atoms with Crippen LogP contribution in [0.25, 0.3) is 0 Å². The average molecular weight is 358 g/mol. The molecule has 3 saturated heterocycles. The van der Waals surface area contributed by atoms with Gasteiger partial charge >= 0.3 is 0 Å². The van der Waals surface area contributed by atoms with Gasteiger partial charge < -0.3 is 28.4 Å². The Morgan fingerprint density at radius 2 is 0.760 bits per heavy atom. The summed E-state index contributed by atoms with van der Waals surface area (Å²) in [5.41, 5.74) is 0. The summed E-state index contributed by atoms with van der Waals surface area (Å²) < 4.78 is 34.3. The first-order valence-electron chi connectivity index (χ1n) is 9.97. The summed E-state index contributed by atoms with van der Waals surface area (Å²) in [5.74, 6) is 1.40. The third-order valence-electron chi connectivity index (χ3n) is 5.54. The molecule has 0 aromatic heterocycles. The van der Waals surface area contributed by atoms with Gasteiger partial charge in [-0.3, -0.25) is 0 Å². The Bertz CT molecular complexity index is 307. The molecule has 5 rings (SSSR count). The predicted octanol–water partition coefficient (Wildman–Crippen LogP) is 2.05. The molecule has 25 heavy (non-hydrogen) atoms. The standard InChI is InChI=1S/C19H34O6/c1-3-18-17-2-4-19(16(1)15-17)25-14-12-23-10-8-21-6-5-20-7-9-22-11-13-24-18/h16-19H,1-15H2/t16-,17-,18+,19+/m1/s1. The molecule has 4 atom stereocenters. The second-order valence-electron chi connectivity index (χ2n) is 7.18. The van der Waals surface area contributed by atoms with Gasteiger partial charge in [-0.2, -0.15) is 0 Å². The van der Waals surface area contributed by atoms with Crippen LogP contribution in [0.5, 0.6) is 0 Å². The maximum absolute atomic E-state index is 6.11. The summed E-state index contributed by atoms with van der Waals surface area (Å²) in [5, 5.41) is 0. The first kappa shape index (κ1) is 19.5. The van der Waals surface area contributed by atoms with Crippen LogP contribution >= 0.6 is 0 Å². The molecule has 0 radical (unpaired) electrons. The largest absolute Gasteiger partial charge is 0.377 e. The molecular formula is C19H34O6. The Kier molecular flexibility index (Phi) is 8.95. The van der Waals surface area contributed by atoms with E-state index in [0.717, 1.165) is 12.8 Å². The molecule has 6 nitrogen and oxygen atoms in total. The molecule has 3 aliphatic heterocycles. The summed E-state index contributed by atoms with van der Waals surface area (Å²) >= 11 is 0. The number of hydrogen-bond donors (Lipinski definition) is 0. The predicted molar refractivity (Wildman–Crippen MR) is 92.8 cm³/mol. The fourth-order valence-electron chi connectivity index (χ4n) is 4.25. The number of fused-ring (bicyclic) bond motifs is 2. The SMILES string of the molecule is C1COCCOCCO[C@H]2CC[C@@H]3C[C@H]2CC[C@@H]3OCCOCCO1. The number of rotatable bonds is 0. The van der Waals surface area contributed by atoms with Gasteiger partial charge in [0.25, 0.3) is 0 Å². The molecule has 3 heterocycles. The third-order valence-corrected chi connectivity index (χ3v) is 5.54. The zero-order chi connectivity index (χ0) is 17.2. The maximum Gasteiger partial charge on any atom is 0.0704 e. The highest BCUT2D eigenvalue weighted by atomic mass is 16.6. The van der Waals surface area contributed by atoms with Crippen molar-refractivity contribution in [3.05, 3.63) is 0 Å². The van der Waals surface area contributed by atoms with E-state index < -0.39 is 0 Å². The van der Waals surface area contributed by atoms with Crippen molar-refractivity contribution in [3.8, 4) is 0 Å². The highest BCUT2D eigenvalue weighted by molar-refractivity contribution is 4.90. The third kappa shape index (κ3) is 6.77. The van der Waals surface area contributed by atoms with Gasteiger partial charge in [-0.15, -0.1) is 0 Å². The van der Waals surface area contributed by atoms with Crippen molar-refractivity contribution in [1.29, 1.82) is 0 Å². The minimum atomic E-state index is 0.409. The molecule has 146 valence electrons. The van der Waals surface area contributed by atoms with Crippen molar-refractivity contribution in [1.82, 2.24) is 0 Å². The summed E-state index contributed by atoms with van der Waals surface area (Å²) in [4.78, 5) is 0. The Labute approximate surface area is 151 Å². The minimum absolute atomic E-state index is 0.409. The van der Waals surface area contributed by atoms with Crippen LogP contribution < -0.4 is 0 Å². The zero-order valence-electron chi connectivity index (χ0n) is 15.4. The van der Waals surface area contributed by atoms with Gasteiger partial charge in [0.2, 0.25) is 0 Å². The van der Waals surface area contributed by atoms with Gasteiger partial charge in [-0.25, -0.2) is 0 Å². The van der Waals surface area contributed by atoms with Gasteiger partial charge in [0.1, 0.15) is 0 Å². The normalized spacial score (nSPS) is 37.4. The van der Waals surface area contributed by atoms with Crippen molar-refractivity contribution in [2.75, 3.05) is 66.1 Å². The van der Waals surface area contributed by atoms with Crippen molar-refractivity contribution in [2.45, 2.75) is 44.3 Å². The monoisotopic (exact) mass is 358 g/mol. The van der Waals surface area contributed by atoms with Gasteiger partial charge in [-0.1, -0.05) is 0 Å². The molecule has 6 heteroatoms. The molecule has 5 fully saturated rings. The van der Waals surface area contributed by atoms with Crippen LogP contribution in [0.2, 0.25) is 0 Å². The van der Waals surface area contributed by atoms with Crippen LogP contribution in [0, 0.1) is 11.8 Å². The molecule has 0 spiro atoms. The molecule has 5 aliphatic rings. The first-order chi connectivity index (χ1) is 12.4. The van der Waals surface area contributed by atoms with E-state index in [0.29, 0.717) is 90.1 Å². The van der Waals surface area contributed by atoms with Crippen LogP contribution in [0.15, 0.2) is 0 Å². The van der Waals surface area contributed by atoms with E-state index in [9.17, 15) is 0 Å². The van der Waals surface area contributed by atoms with Crippen LogP contribution in [0.1, 0.15) is 32.1 Å². The van der Waals surface area contributed by atoms with Crippen molar-refractivity contribution >= 4 is 0 Å². The van der Waals surface area contributed by atoms with E-state index in [1.165, 1.54) is 19.3 Å². The molecule has 2 saturated carbocycles. The van der Waals surface area contributed by atoms with Crippen LogP contribution in [-0.4, -0.2) is 78.3 Å². The highest BCUT2D eigenvalue weighted by Crippen LogP contribution is 2.42. The van der Waals surface area contributed by atoms with E-state index in [2.05, 4.69) is 0 Å². The molecule has 0 unspecified atom stereocenters. The van der Waals surface area contributed by atoms with E-state index >= 15 is 0 Å². The van der Waals surface area contributed by atoms with E-state index in [1.807, 2.05) is 0 Å². The molecule has 0 N–H and O–H groups in total. The average Bonchev–Trinajstić information content (AvgIpc) is 2.64. The molecule has 0 amide bonds. The second kappa shape index (κ2) is 11.5. The first-order valence-corrected chi connectivity index (χ1v) is 9.97. The summed E-state index contributed by atoms with van der Waals surface area (Å²) in [7, 11) is 0. The van der Waals surface area contributed by atoms with Crippen molar-refractivity contribution < 1.29 is 28.4 Å². The lowest BCUT2D eigenvalue weighted by Crippen LogP contribution is -2.42. The van der Waals surface area contributed by atoms with Gasteiger partial charge in [-0.05, 0) is 43.9 Å². The highest BCUT2D eigenvalue weighted by Gasteiger charge is 2.39. The Hall–Kier alpha value is -0.240. The van der Waals surface area contributed by atoms with E-state index in [-0.39, 0.29) is 0 Å². The molecule has 0 aromatic carbocycles. The van der Waals surface area contributed by atoms with E-state index in [4.69, 9.17) is 28.4 Å². The Morgan fingerprint density at radius 3 is 1.16 bits per heavy atom.